The minimum atomic E-state index is -0.971. The highest BCUT2D eigenvalue weighted by molar-refractivity contribution is 8.76. The van der Waals surface area contributed by atoms with Gasteiger partial charge in [0, 0.05) is 94.3 Å². The minimum Gasteiger partial charge on any atom is -0.480 e. The Morgan fingerprint density at radius 2 is 1.03 bits per heavy atom. The van der Waals surface area contributed by atoms with Crippen LogP contribution < -0.4 is 26.6 Å². The lowest BCUT2D eigenvalue weighted by atomic mass is 9.71. The number of carboxylic acid groups (broad SMARTS) is 2. The Labute approximate surface area is 351 Å². The molecule has 0 aliphatic carbocycles. The molecule has 2 atom stereocenters. The zero-order chi connectivity index (χ0) is 43.7. The smallest absolute Gasteiger partial charge is 0.317 e. The molecule has 0 radical (unpaired) electrons. The summed E-state index contributed by atoms with van der Waals surface area (Å²) in [5.41, 5.74) is -1.83. The summed E-state index contributed by atoms with van der Waals surface area (Å²) in [6.07, 6.45) is -0.00155. The van der Waals surface area contributed by atoms with Crippen molar-refractivity contribution in [2.45, 2.75) is 60.5 Å². The van der Waals surface area contributed by atoms with E-state index >= 15 is 0 Å². The molecule has 0 aromatic heterocycles. The molecule has 1 aliphatic heterocycles. The Kier molecular flexibility index (Phi) is 25.8. The second-order valence-electron chi connectivity index (χ2n) is 15.4. The third-order valence-corrected chi connectivity index (χ3v) is 12.2. The van der Waals surface area contributed by atoms with Crippen LogP contribution in [0.4, 0.5) is 0 Å². The van der Waals surface area contributed by atoms with Crippen molar-refractivity contribution in [3.05, 3.63) is 0 Å². The topological polar surface area (TPSA) is 253 Å². The van der Waals surface area contributed by atoms with Crippen molar-refractivity contribution >= 4 is 63.1 Å². The average molecular weight is 864 g/mol. The van der Waals surface area contributed by atoms with E-state index in [2.05, 4.69) is 31.5 Å². The molecule has 1 saturated heterocycles. The Hall–Kier alpha value is -3.21. The van der Waals surface area contributed by atoms with Gasteiger partial charge in [-0.3, -0.25) is 48.3 Å². The lowest BCUT2D eigenvalue weighted by Crippen LogP contribution is -2.49. The highest BCUT2D eigenvalue weighted by Crippen LogP contribution is 2.37. The summed E-state index contributed by atoms with van der Waals surface area (Å²) in [5, 5.41) is 41.7. The number of likely N-dealkylation sites (N-methyl/N-ethyl adjacent to an activating group) is 1. The molecule has 0 saturated carbocycles. The Balaban J connectivity index is 2.36. The number of nitrogens with one attached hydrogen (secondary N) is 5. The van der Waals surface area contributed by atoms with Gasteiger partial charge in [0.05, 0.1) is 38.8 Å². The van der Waals surface area contributed by atoms with Gasteiger partial charge in [-0.25, -0.2) is 0 Å². The maximum atomic E-state index is 12.9. The number of carboxylic acids is 2. The molecule has 19 nitrogen and oxygen atoms in total. The molecule has 0 aromatic carbocycles. The highest BCUT2D eigenvalue weighted by atomic mass is 33.1. The van der Waals surface area contributed by atoms with Crippen molar-refractivity contribution in [3.8, 4) is 0 Å². The predicted octanol–water partition coefficient (Wildman–Crippen LogP) is -1.43. The van der Waals surface area contributed by atoms with Crippen LogP contribution in [-0.2, 0) is 33.6 Å². The number of amides is 5. The Morgan fingerprint density at radius 3 is 1.48 bits per heavy atom. The van der Waals surface area contributed by atoms with E-state index in [1.54, 1.807) is 43.4 Å². The summed E-state index contributed by atoms with van der Waals surface area (Å²) in [7, 11) is 3.08. The molecular formula is C37H69N9O10S2. The number of aliphatic hydroxyl groups is 1. The molecule has 0 bridgehead atoms. The van der Waals surface area contributed by atoms with Crippen molar-refractivity contribution in [1.82, 2.24) is 46.2 Å². The highest BCUT2D eigenvalue weighted by Gasteiger charge is 2.41. The normalized spacial score (nSPS) is 17.1. The van der Waals surface area contributed by atoms with E-state index in [-0.39, 0.29) is 63.4 Å². The first-order valence-electron chi connectivity index (χ1n) is 19.9. The van der Waals surface area contributed by atoms with Crippen LogP contribution in [-0.4, -0.2) is 205 Å². The Morgan fingerprint density at radius 1 is 0.603 bits per heavy atom. The van der Waals surface area contributed by atoms with Crippen LogP contribution in [0.5, 0.6) is 0 Å². The lowest BCUT2D eigenvalue weighted by molar-refractivity contribution is -0.140. The van der Waals surface area contributed by atoms with Crippen LogP contribution in [0.2, 0.25) is 0 Å². The molecule has 58 heavy (non-hydrogen) atoms. The number of hydrogen-bond acceptors (Lipinski definition) is 14. The largest absolute Gasteiger partial charge is 0.480 e. The zero-order valence-electron chi connectivity index (χ0n) is 35.2. The number of nitrogens with zero attached hydrogens (tertiary/aromatic N) is 4. The van der Waals surface area contributed by atoms with Crippen molar-refractivity contribution in [2.24, 2.45) is 10.8 Å². The summed E-state index contributed by atoms with van der Waals surface area (Å²) in [6.45, 7) is 15.8. The van der Waals surface area contributed by atoms with E-state index < -0.39 is 40.7 Å². The standard InChI is InChI=1S/C37H69N9O10S2/c1-7-37(6,35(56)41-21-28(3)47)27-36(4,5)34(55)42-23-30(49)40-22-29(48)38-9-19-57-58-20-10-39-31(50)24-44-13-11-43(8-2)12-14-45(25-32(51)52)17-18-46(16-15-44)26-33(53)54/h28,47H,7-27H2,1-6H3,(H,38,48)(H,39,50)(H,40,49)(H,41,56)(H,42,55)(H,51,52)(H,53,54). The Bertz CT molecular complexity index is 1330. The molecule has 2 unspecified atom stereocenters. The van der Waals surface area contributed by atoms with Gasteiger partial charge < -0.3 is 46.8 Å². The van der Waals surface area contributed by atoms with Crippen LogP contribution in [0.15, 0.2) is 0 Å². The molecule has 0 aromatic rings. The zero-order valence-corrected chi connectivity index (χ0v) is 36.9. The maximum Gasteiger partial charge on any atom is 0.317 e. The van der Waals surface area contributed by atoms with Gasteiger partial charge in [0.15, 0.2) is 0 Å². The summed E-state index contributed by atoms with van der Waals surface area (Å²) in [5.74, 6) is -2.36. The van der Waals surface area contributed by atoms with Gasteiger partial charge >= 0.3 is 11.9 Å². The third-order valence-electron chi connectivity index (χ3n) is 9.75. The van der Waals surface area contributed by atoms with Crippen molar-refractivity contribution in [2.75, 3.05) is 123 Å². The molecular weight excluding hydrogens is 795 g/mol. The second-order valence-corrected chi connectivity index (χ2v) is 18.1. The second kappa shape index (κ2) is 28.3. The van der Waals surface area contributed by atoms with Gasteiger partial charge in [0.25, 0.3) is 0 Å². The van der Waals surface area contributed by atoms with Crippen molar-refractivity contribution < 1.29 is 48.9 Å². The van der Waals surface area contributed by atoms with Crippen molar-refractivity contribution in [3.63, 3.8) is 0 Å². The number of rotatable bonds is 25. The quantitative estimate of drug-likeness (QED) is 0.0387. The van der Waals surface area contributed by atoms with Gasteiger partial charge in [-0.15, -0.1) is 0 Å². The van der Waals surface area contributed by atoms with Gasteiger partial charge in [-0.1, -0.05) is 56.2 Å². The van der Waals surface area contributed by atoms with Crippen LogP contribution in [0.1, 0.15) is 54.4 Å². The summed E-state index contributed by atoms with van der Waals surface area (Å²) in [4.78, 5) is 93.8. The fourth-order valence-corrected chi connectivity index (χ4v) is 7.99. The van der Waals surface area contributed by atoms with Gasteiger partial charge in [0.1, 0.15) is 0 Å². The van der Waals surface area contributed by atoms with E-state index in [0.29, 0.717) is 83.4 Å². The van der Waals surface area contributed by atoms with Crippen LogP contribution in [0.25, 0.3) is 0 Å². The van der Waals surface area contributed by atoms with E-state index in [0.717, 1.165) is 6.54 Å². The summed E-state index contributed by atoms with van der Waals surface area (Å²) in [6, 6.07) is 0. The molecule has 8 N–H and O–H groups in total. The van der Waals surface area contributed by atoms with Gasteiger partial charge in [0.2, 0.25) is 29.5 Å². The van der Waals surface area contributed by atoms with E-state index in [1.165, 1.54) is 10.8 Å². The molecule has 334 valence electrons. The first-order valence-corrected chi connectivity index (χ1v) is 22.4. The molecule has 21 heteroatoms. The van der Waals surface area contributed by atoms with E-state index in [1.807, 2.05) is 23.6 Å². The summed E-state index contributed by atoms with van der Waals surface area (Å²) < 4.78 is 0. The number of carbonyl (C=O) groups is 7. The lowest BCUT2D eigenvalue weighted by Gasteiger charge is -2.35. The molecule has 1 rings (SSSR count). The SMILES string of the molecule is CCN1CCN(CC(=O)O)CCN(CC(=O)O)CCN(CC(=O)NCCSSCCNC(=O)CNC(=O)CNC(=O)C(C)(C)CC(C)(CC)C(=O)NCC(C)O)CC1. The molecule has 5 amide bonds. The van der Waals surface area contributed by atoms with E-state index in [9.17, 15) is 48.9 Å². The molecule has 0 spiro atoms. The van der Waals surface area contributed by atoms with Crippen molar-refractivity contribution in [1.29, 1.82) is 0 Å². The van der Waals surface area contributed by atoms with Crippen LogP contribution >= 0.6 is 21.6 Å². The van der Waals surface area contributed by atoms with Crippen LogP contribution in [0.3, 0.4) is 0 Å². The number of aliphatic hydroxyl groups excluding tert-OH is 1. The molecule has 1 heterocycles. The van der Waals surface area contributed by atoms with Gasteiger partial charge in [-0.2, -0.15) is 0 Å². The number of hydrogen-bond donors (Lipinski definition) is 8. The third kappa shape index (κ3) is 23.4. The predicted molar refractivity (Wildman–Crippen MR) is 225 cm³/mol. The van der Waals surface area contributed by atoms with E-state index in [4.69, 9.17) is 0 Å². The number of aliphatic carboxylic acids is 2. The first kappa shape index (κ1) is 52.8. The fourth-order valence-electron chi connectivity index (χ4n) is 6.17. The monoisotopic (exact) mass is 863 g/mol. The number of carbonyl (C=O) groups excluding carboxylic acids is 5. The maximum absolute atomic E-state index is 12.9. The van der Waals surface area contributed by atoms with Gasteiger partial charge in [-0.05, 0) is 26.3 Å². The van der Waals surface area contributed by atoms with Crippen LogP contribution in [0, 0.1) is 10.8 Å². The summed E-state index contributed by atoms with van der Waals surface area (Å²) >= 11 is 0. The molecule has 1 fully saturated rings. The molecule has 1 aliphatic rings. The minimum absolute atomic E-state index is 0.108. The average Bonchev–Trinajstić information content (AvgIpc) is 3.15. The first-order chi connectivity index (χ1) is 27.3. The fraction of sp³-hybridized carbons (Fsp3) is 0.811.